The second kappa shape index (κ2) is 9.88. The van der Waals surface area contributed by atoms with Gasteiger partial charge in [0, 0.05) is 17.9 Å². The van der Waals surface area contributed by atoms with Gasteiger partial charge >= 0.3 is 0 Å². The molecule has 0 saturated heterocycles. The van der Waals surface area contributed by atoms with E-state index in [0.717, 1.165) is 28.4 Å². The molecule has 4 nitrogen and oxygen atoms in total. The van der Waals surface area contributed by atoms with Crippen molar-refractivity contribution >= 4 is 17.7 Å². The van der Waals surface area contributed by atoms with Crippen LogP contribution in [0.25, 0.3) is 0 Å². The number of nitrogens with one attached hydrogen (secondary N) is 1. The Bertz CT molecular complexity index is 643. The van der Waals surface area contributed by atoms with Crippen LogP contribution in [0, 0.1) is 0 Å². The Kier molecular flexibility index (Phi) is 7.49. The molecule has 2 aromatic rings. The van der Waals surface area contributed by atoms with Crippen LogP contribution in [0.5, 0.6) is 11.5 Å². The predicted molar refractivity (Wildman–Crippen MR) is 98.6 cm³/mol. The van der Waals surface area contributed by atoms with Crippen LogP contribution >= 0.6 is 11.8 Å². The van der Waals surface area contributed by atoms with Gasteiger partial charge in [-0.1, -0.05) is 30.3 Å². The molecule has 0 spiro atoms. The van der Waals surface area contributed by atoms with E-state index in [0.29, 0.717) is 18.9 Å². The summed E-state index contributed by atoms with van der Waals surface area (Å²) in [5, 5.41) is 2.93. The Labute approximate surface area is 147 Å². The maximum atomic E-state index is 12.0. The summed E-state index contributed by atoms with van der Waals surface area (Å²) < 4.78 is 10.7. The first-order valence-corrected chi connectivity index (χ1v) is 9.06. The monoisotopic (exact) mass is 345 g/mol. The topological polar surface area (TPSA) is 47.6 Å². The van der Waals surface area contributed by atoms with Crippen LogP contribution in [-0.2, 0) is 17.1 Å². The molecule has 0 aromatic heterocycles. The molecular formula is C19H23NO3S. The molecule has 24 heavy (non-hydrogen) atoms. The Balaban J connectivity index is 1.73. The van der Waals surface area contributed by atoms with Crippen LogP contribution in [0.2, 0.25) is 0 Å². The zero-order valence-corrected chi connectivity index (χ0v) is 14.9. The summed E-state index contributed by atoms with van der Waals surface area (Å²) in [6.45, 7) is 3.14. The second-order valence-corrected chi connectivity index (χ2v) is 6.14. The number of hydrogen-bond acceptors (Lipinski definition) is 4. The molecule has 0 aliphatic heterocycles. The molecule has 5 heteroatoms. The van der Waals surface area contributed by atoms with Gasteiger partial charge in [-0.25, -0.2) is 0 Å². The lowest BCUT2D eigenvalue weighted by Gasteiger charge is -2.10. The summed E-state index contributed by atoms with van der Waals surface area (Å²) in [6.07, 6.45) is 0. The molecule has 128 valence electrons. The zero-order valence-electron chi connectivity index (χ0n) is 14.1. The van der Waals surface area contributed by atoms with Gasteiger partial charge in [-0.05, 0) is 30.7 Å². The number of thioether (sulfide) groups is 1. The molecule has 0 aliphatic carbocycles. The predicted octanol–water partition coefficient (Wildman–Crippen LogP) is 3.64. The third-order valence-electron chi connectivity index (χ3n) is 3.41. The van der Waals surface area contributed by atoms with Gasteiger partial charge in [-0.3, -0.25) is 4.79 Å². The molecule has 1 amide bonds. The summed E-state index contributed by atoms with van der Waals surface area (Å²) in [4.78, 5) is 12.0. The average molecular weight is 345 g/mol. The van der Waals surface area contributed by atoms with Crippen LogP contribution in [0.1, 0.15) is 18.1 Å². The lowest BCUT2D eigenvalue weighted by atomic mass is 10.2. The zero-order chi connectivity index (χ0) is 17.2. The first-order chi connectivity index (χ1) is 11.7. The minimum absolute atomic E-state index is 0.0321. The largest absolute Gasteiger partial charge is 0.497 e. The Morgan fingerprint density at radius 2 is 1.88 bits per heavy atom. The first-order valence-electron chi connectivity index (χ1n) is 7.91. The second-order valence-electron chi connectivity index (χ2n) is 5.16. The highest BCUT2D eigenvalue weighted by Crippen LogP contribution is 2.23. The number of carbonyl (C=O) groups is 1. The third-order valence-corrected chi connectivity index (χ3v) is 4.39. The van der Waals surface area contributed by atoms with Crippen LogP contribution in [0.4, 0.5) is 0 Å². The van der Waals surface area contributed by atoms with E-state index < -0.39 is 0 Å². The maximum absolute atomic E-state index is 12.0. The maximum Gasteiger partial charge on any atom is 0.230 e. The van der Waals surface area contributed by atoms with Gasteiger partial charge in [-0.15, -0.1) is 11.8 Å². The van der Waals surface area contributed by atoms with E-state index in [2.05, 4.69) is 5.32 Å². The highest BCUT2D eigenvalue weighted by molar-refractivity contribution is 7.99. The van der Waals surface area contributed by atoms with Crippen molar-refractivity contribution in [1.29, 1.82) is 0 Å². The van der Waals surface area contributed by atoms with E-state index in [4.69, 9.17) is 9.47 Å². The normalized spacial score (nSPS) is 10.2. The fourth-order valence-electron chi connectivity index (χ4n) is 2.17. The van der Waals surface area contributed by atoms with Gasteiger partial charge in [0.15, 0.2) is 0 Å². The summed E-state index contributed by atoms with van der Waals surface area (Å²) in [7, 11) is 1.64. The first kappa shape index (κ1) is 18.2. The van der Waals surface area contributed by atoms with Crippen molar-refractivity contribution in [3.8, 4) is 11.5 Å². The van der Waals surface area contributed by atoms with E-state index >= 15 is 0 Å². The van der Waals surface area contributed by atoms with Crippen molar-refractivity contribution in [2.24, 2.45) is 0 Å². The lowest BCUT2D eigenvalue weighted by Crippen LogP contribution is -2.24. The minimum Gasteiger partial charge on any atom is -0.497 e. The quantitative estimate of drug-likeness (QED) is 0.754. The van der Waals surface area contributed by atoms with Crippen molar-refractivity contribution in [3.05, 3.63) is 59.7 Å². The molecule has 0 unspecified atom stereocenters. The summed E-state index contributed by atoms with van der Waals surface area (Å²) in [5.74, 6) is 2.92. The van der Waals surface area contributed by atoms with Gasteiger partial charge in [-0.2, -0.15) is 0 Å². The van der Waals surface area contributed by atoms with Gasteiger partial charge in [0.1, 0.15) is 11.5 Å². The van der Waals surface area contributed by atoms with E-state index in [1.165, 1.54) is 0 Å². The van der Waals surface area contributed by atoms with Crippen molar-refractivity contribution in [2.45, 2.75) is 19.2 Å². The third kappa shape index (κ3) is 5.81. The van der Waals surface area contributed by atoms with Gasteiger partial charge in [0.05, 0.1) is 19.5 Å². The molecule has 0 saturated carbocycles. The van der Waals surface area contributed by atoms with E-state index in [-0.39, 0.29) is 5.91 Å². The molecule has 0 heterocycles. The van der Waals surface area contributed by atoms with E-state index in [9.17, 15) is 4.79 Å². The smallest absolute Gasteiger partial charge is 0.230 e. The molecule has 0 aliphatic rings. The number of amides is 1. The number of benzene rings is 2. The van der Waals surface area contributed by atoms with Gasteiger partial charge in [0.2, 0.25) is 5.91 Å². The van der Waals surface area contributed by atoms with E-state index in [1.54, 1.807) is 18.9 Å². The summed E-state index contributed by atoms with van der Waals surface area (Å²) >= 11 is 1.58. The fraction of sp³-hybridized carbons (Fsp3) is 0.316. The number of para-hydroxylation sites is 1. The number of ether oxygens (including phenoxy) is 2. The highest BCUT2D eigenvalue weighted by atomic mass is 32.2. The molecular weight excluding hydrogens is 322 g/mol. The number of carbonyl (C=O) groups excluding carboxylic acids is 1. The number of methoxy groups -OCH3 is 1. The fourth-order valence-corrected chi connectivity index (χ4v) is 3.02. The molecule has 1 N–H and O–H groups in total. The minimum atomic E-state index is 0.0321. The average Bonchev–Trinajstić information content (AvgIpc) is 2.62. The Morgan fingerprint density at radius 3 is 2.58 bits per heavy atom. The Hall–Kier alpha value is -2.14. The summed E-state index contributed by atoms with van der Waals surface area (Å²) in [5.41, 5.74) is 2.17. The van der Waals surface area contributed by atoms with Crippen LogP contribution in [-0.4, -0.2) is 25.4 Å². The SMILES string of the molecule is CCOc1ccccc1CSCC(=O)NCc1ccc(OC)cc1. The molecule has 0 bridgehead atoms. The molecule has 2 rings (SSSR count). The van der Waals surface area contributed by atoms with Gasteiger partial charge < -0.3 is 14.8 Å². The highest BCUT2D eigenvalue weighted by Gasteiger charge is 2.06. The number of hydrogen-bond donors (Lipinski definition) is 1. The van der Waals surface area contributed by atoms with Crippen LogP contribution in [0.3, 0.4) is 0 Å². The van der Waals surface area contributed by atoms with Crippen molar-refractivity contribution in [3.63, 3.8) is 0 Å². The molecule has 2 aromatic carbocycles. The van der Waals surface area contributed by atoms with Crippen LogP contribution in [0.15, 0.2) is 48.5 Å². The van der Waals surface area contributed by atoms with Crippen LogP contribution < -0.4 is 14.8 Å². The molecule has 0 fully saturated rings. The number of rotatable bonds is 9. The Morgan fingerprint density at radius 1 is 1.12 bits per heavy atom. The standard InChI is InChI=1S/C19H23NO3S/c1-3-23-18-7-5-4-6-16(18)13-24-14-19(21)20-12-15-8-10-17(22-2)11-9-15/h4-11H,3,12-14H2,1-2H3,(H,20,21). The molecule has 0 atom stereocenters. The molecule has 0 radical (unpaired) electrons. The van der Waals surface area contributed by atoms with Crippen molar-refractivity contribution in [1.82, 2.24) is 5.32 Å². The summed E-state index contributed by atoms with van der Waals surface area (Å²) in [6, 6.07) is 15.6. The van der Waals surface area contributed by atoms with E-state index in [1.807, 2.05) is 55.5 Å². The van der Waals surface area contributed by atoms with Crippen molar-refractivity contribution in [2.75, 3.05) is 19.5 Å². The van der Waals surface area contributed by atoms with Gasteiger partial charge in [0.25, 0.3) is 0 Å². The van der Waals surface area contributed by atoms with Crippen molar-refractivity contribution < 1.29 is 14.3 Å². The lowest BCUT2D eigenvalue weighted by molar-refractivity contribution is -0.118.